The summed E-state index contributed by atoms with van der Waals surface area (Å²) in [4.78, 5) is 39.4. The number of phenols is 1. The van der Waals surface area contributed by atoms with Gasteiger partial charge in [-0.15, -0.1) is 0 Å². The van der Waals surface area contributed by atoms with E-state index in [-0.39, 0.29) is 34.8 Å². The van der Waals surface area contributed by atoms with E-state index < -0.39 is 92.1 Å². The number of primary amides is 1. The average molecular weight is 565 g/mol. The van der Waals surface area contributed by atoms with E-state index in [1.807, 2.05) is 20.8 Å². The van der Waals surface area contributed by atoms with Crippen molar-refractivity contribution in [3.05, 3.63) is 45.2 Å². The predicted octanol–water partition coefficient (Wildman–Crippen LogP) is 1.52. The van der Waals surface area contributed by atoms with Crippen molar-refractivity contribution in [3.8, 4) is 5.75 Å². The number of aliphatic hydroxyl groups excluding tert-OH is 2. The fraction of sp³-hybridized carbons (Fsp3) is 0.536. The molecule has 4 unspecified atom stereocenters. The second kappa shape index (κ2) is 9.35. The molecule has 1 saturated carbocycles. The molecule has 0 spiro atoms. The van der Waals surface area contributed by atoms with E-state index in [0.717, 1.165) is 0 Å². The van der Waals surface area contributed by atoms with Crippen molar-refractivity contribution in [1.82, 2.24) is 5.32 Å². The SMILES string of the molecule is CC(C)(C)CNCc1c(O)c2c(c(F)c1F)CC1CC3C([N+](C)(C)C)C(=O)C(C(N)=O)=C(O)C3(O)C(=O)C1=C2O. The van der Waals surface area contributed by atoms with E-state index in [1.54, 1.807) is 21.1 Å². The first kappa shape index (κ1) is 29.6. The number of nitrogens with one attached hydrogen (secondary N) is 1. The highest BCUT2D eigenvalue weighted by atomic mass is 19.2. The van der Waals surface area contributed by atoms with Gasteiger partial charge >= 0.3 is 0 Å². The van der Waals surface area contributed by atoms with Crippen molar-refractivity contribution >= 4 is 23.2 Å². The number of ketones is 2. The smallest absolute Gasteiger partial charge is 0.256 e. The van der Waals surface area contributed by atoms with Crippen LogP contribution in [0.1, 0.15) is 43.9 Å². The summed E-state index contributed by atoms with van der Waals surface area (Å²) in [5.74, 6) is -11.1. The molecule has 1 aromatic carbocycles. The van der Waals surface area contributed by atoms with E-state index in [1.165, 1.54) is 0 Å². The van der Waals surface area contributed by atoms with Crippen LogP contribution in [0, 0.1) is 28.9 Å². The Morgan fingerprint density at radius 3 is 2.25 bits per heavy atom. The third kappa shape index (κ3) is 4.29. The maximum atomic E-state index is 15.4. The number of benzene rings is 1. The molecule has 0 radical (unpaired) electrons. The summed E-state index contributed by atoms with van der Waals surface area (Å²) in [7, 11) is 4.78. The summed E-state index contributed by atoms with van der Waals surface area (Å²) in [6.07, 6.45) is -0.538. The van der Waals surface area contributed by atoms with Gasteiger partial charge in [-0.3, -0.25) is 14.4 Å². The van der Waals surface area contributed by atoms with Crippen LogP contribution in [0.3, 0.4) is 0 Å². The number of Topliss-reactive ketones (excluding diaryl/α,β-unsaturated/α-hetero) is 2. The third-order valence-corrected chi connectivity index (χ3v) is 8.10. The highest BCUT2D eigenvalue weighted by Gasteiger charge is 2.66. The number of amides is 1. The van der Waals surface area contributed by atoms with Gasteiger partial charge in [0, 0.05) is 29.8 Å². The Kier molecular flexibility index (Phi) is 6.93. The van der Waals surface area contributed by atoms with Gasteiger partial charge in [0.15, 0.2) is 23.3 Å². The Balaban J connectivity index is 1.92. The molecular formula is C28H36F2N3O7+. The Morgan fingerprint density at radius 2 is 1.73 bits per heavy atom. The lowest BCUT2D eigenvalue weighted by molar-refractivity contribution is -0.891. The summed E-state index contributed by atoms with van der Waals surface area (Å²) >= 11 is 0. The quantitative estimate of drug-likeness (QED) is 0.231. The molecule has 1 aromatic rings. The van der Waals surface area contributed by atoms with Crippen LogP contribution in [0.5, 0.6) is 5.75 Å². The number of likely N-dealkylation sites (N-methyl/N-ethyl adjacent to an activating group) is 1. The third-order valence-electron chi connectivity index (χ3n) is 8.10. The number of nitrogens with two attached hydrogens (primary N) is 1. The molecule has 1 fully saturated rings. The van der Waals surface area contributed by atoms with E-state index >= 15 is 8.78 Å². The minimum atomic E-state index is -2.81. The molecule has 3 aliphatic carbocycles. The van der Waals surface area contributed by atoms with Gasteiger partial charge in [0.1, 0.15) is 22.8 Å². The van der Waals surface area contributed by atoms with Crippen molar-refractivity contribution in [3.63, 3.8) is 0 Å². The molecule has 7 N–H and O–H groups in total. The number of phenolic OH excluding ortho intramolecular Hbond substituents is 1. The van der Waals surface area contributed by atoms with E-state index in [2.05, 4.69) is 5.32 Å². The maximum absolute atomic E-state index is 15.4. The number of carbonyl (C=O) groups excluding carboxylic acids is 3. The molecule has 40 heavy (non-hydrogen) atoms. The lowest BCUT2D eigenvalue weighted by Crippen LogP contribution is -2.69. The number of rotatable bonds is 5. The van der Waals surface area contributed by atoms with Gasteiger partial charge in [0.2, 0.25) is 11.6 Å². The Bertz CT molecular complexity index is 1400. The largest absolute Gasteiger partial charge is 0.508 e. The highest BCUT2D eigenvalue weighted by molar-refractivity contribution is 6.24. The predicted molar refractivity (Wildman–Crippen MR) is 140 cm³/mol. The minimum Gasteiger partial charge on any atom is -0.508 e. The number of quaternary nitrogens is 1. The lowest BCUT2D eigenvalue weighted by atomic mass is 9.57. The highest BCUT2D eigenvalue weighted by Crippen LogP contribution is 2.54. The molecule has 0 bridgehead atoms. The van der Waals surface area contributed by atoms with Crippen molar-refractivity contribution < 1.29 is 48.1 Å². The zero-order valence-corrected chi connectivity index (χ0v) is 23.4. The number of hydrogen-bond acceptors (Lipinski definition) is 8. The number of halogens is 2. The fourth-order valence-corrected chi connectivity index (χ4v) is 6.37. The molecule has 12 heteroatoms. The Labute approximate surface area is 230 Å². The monoisotopic (exact) mass is 564 g/mol. The normalized spacial score (nSPS) is 27.0. The van der Waals surface area contributed by atoms with E-state index in [9.17, 15) is 34.8 Å². The van der Waals surface area contributed by atoms with Gasteiger partial charge in [0.25, 0.3) is 5.91 Å². The fourth-order valence-electron chi connectivity index (χ4n) is 6.37. The standard InChI is InChI=1S/C28H35F2N3O7/c1-27(2,3)10-32-9-13-19(30)18(29)12-7-11-8-14-20(33(4,5)6)23(36)17(26(31)39)25(38)28(14,40)24(37)15(11)22(35)16(12)21(13)34/h11,14,20,32,40H,7-10H2,1-6H3,(H4-,31,34,35,36,37,38,39)/p+1. The van der Waals surface area contributed by atoms with Crippen molar-refractivity contribution in [1.29, 1.82) is 0 Å². The van der Waals surface area contributed by atoms with Crippen molar-refractivity contribution in [2.24, 2.45) is 23.0 Å². The van der Waals surface area contributed by atoms with Crippen LogP contribution in [0.2, 0.25) is 0 Å². The number of nitrogens with zero attached hydrogens (tertiary/aromatic N) is 1. The summed E-state index contributed by atoms with van der Waals surface area (Å²) < 4.78 is 30.4. The Morgan fingerprint density at radius 1 is 1.12 bits per heavy atom. The molecule has 0 aliphatic heterocycles. The van der Waals surface area contributed by atoms with Gasteiger partial charge in [0.05, 0.1) is 32.6 Å². The summed E-state index contributed by atoms with van der Waals surface area (Å²) in [5.41, 5.74) is -0.281. The average Bonchev–Trinajstić information content (AvgIpc) is 2.80. The zero-order chi connectivity index (χ0) is 30.3. The number of carbonyl (C=O) groups is 3. The van der Waals surface area contributed by atoms with E-state index in [0.29, 0.717) is 6.54 Å². The van der Waals surface area contributed by atoms with Crippen molar-refractivity contribution in [2.45, 2.75) is 51.8 Å². The first-order chi connectivity index (χ1) is 18.2. The molecular weight excluding hydrogens is 528 g/mol. The first-order valence-corrected chi connectivity index (χ1v) is 13.0. The molecule has 0 heterocycles. The number of aliphatic hydroxyl groups is 3. The molecule has 4 atom stereocenters. The van der Waals surface area contributed by atoms with Gasteiger partial charge in [-0.2, -0.15) is 0 Å². The summed E-state index contributed by atoms with van der Waals surface area (Å²) in [5, 5.41) is 47.9. The minimum absolute atomic E-state index is 0.161. The van der Waals surface area contributed by atoms with Crippen LogP contribution >= 0.6 is 0 Å². The van der Waals surface area contributed by atoms with E-state index in [4.69, 9.17) is 5.73 Å². The number of aromatic hydroxyl groups is 1. The topological polar surface area (TPSA) is 170 Å². The van der Waals surface area contributed by atoms with Crippen LogP contribution in [0.4, 0.5) is 8.78 Å². The molecule has 218 valence electrons. The van der Waals surface area contributed by atoms with Crippen molar-refractivity contribution in [2.75, 3.05) is 27.7 Å². The first-order valence-electron chi connectivity index (χ1n) is 13.0. The maximum Gasteiger partial charge on any atom is 0.256 e. The van der Waals surface area contributed by atoms with Gasteiger partial charge in [-0.25, -0.2) is 8.78 Å². The van der Waals surface area contributed by atoms with Gasteiger partial charge in [-0.1, -0.05) is 20.8 Å². The molecule has 0 saturated heterocycles. The van der Waals surface area contributed by atoms with Crippen LogP contribution in [-0.4, -0.2) is 81.7 Å². The lowest BCUT2D eigenvalue weighted by Gasteiger charge is -2.51. The Hall–Kier alpha value is -3.35. The van der Waals surface area contributed by atoms with Crippen LogP contribution in [0.25, 0.3) is 5.76 Å². The van der Waals surface area contributed by atoms with Crippen LogP contribution in [0.15, 0.2) is 16.9 Å². The molecule has 4 rings (SSSR count). The molecule has 10 nitrogen and oxygen atoms in total. The van der Waals surface area contributed by atoms with Gasteiger partial charge < -0.3 is 36.0 Å². The van der Waals surface area contributed by atoms with Crippen LogP contribution < -0.4 is 11.1 Å². The summed E-state index contributed by atoms with van der Waals surface area (Å²) in [6.45, 7) is 5.88. The van der Waals surface area contributed by atoms with Gasteiger partial charge in [-0.05, 0) is 24.2 Å². The molecule has 1 amide bonds. The number of fused-ring (bicyclic) bond motifs is 3. The van der Waals surface area contributed by atoms with Crippen LogP contribution in [-0.2, 0) is 27.3 Å². The second-order valence-electron chi connectivity index (χ2n) is 13.1. The molecule has 3 aliphatic rings. The number of hydrogen-bond donors (Lipinski definition) is 6. The second-order valence-corrected chi connectivity index (χ2v) is 13.1. The summed E-state index contributed by atoms with van der Waals surface area (Å²) in [6, 6.07) is -1.22. The zero-order valence-electron chi connectivity index (χ0n) is 23.4. The molecule has 0 aromatic heterocycles.